The molecule has 0 unspecified atom stereocenters. The molecule has 1 aromatic rings. The molecule has 3 rings (SSSR count). The number of hydrogen-bond donors (Lipinski definition) is 1. The van der Waals surface area contributed by atoms with Gasteiger partial charge in [0.15, 0.2) is 0 Å². The largest absolute Gasteiger partial charge is 0.354 e. The normalized spacial score (nSPS) is 23.3. The molecule has 1 N–H and O–H groups in total. The van der Waals surface area contributed by atoms with Gasteiger partial charge in [-0.2, -0.15) is 4.31 Å². The third-order valence-electron chi connectivity index (χ3n) is 5.35. The van der Waals surface area contributed by atoms with Crippen molar-refractivity contribution in [2.45, 2.75) is 43.7 Å². The summed E-state index contributed by atoms with van der Waals surface area (Å²) in [6.45, 7) is 4.64. The van der Waals surface area contributed by atoms with Crippen LogP contribution in [-0.4, -0.2) is 61.7 Å². The molecule has 0 bridgehead atoms. The summed E-state index contributed by atoms with van der Waals surface area (Å²) in [6.07, 6.45) is 1.56. The molecular formula is C18H25N3O4S. The quantitative estimate of drug-likeness (QED) is 0.848. The van der Waals surface area contributed by atoms with E-state index in [2.05, 4.69) is 5.32 Å². The van der Waals surface area contributed by atoms with Crippen LogP contribution < -0.4 is 5.32 Å². The molecule has 2 aliphatic rings. The summed E-state index contributed by atoms with van der Waals surface area (Å²) in [7, 11) is -2.13. The van der Waals surface area contributed by atoms with Gasteiger partial charge < -0.3 is 10.2 Å². The first-order valence-corrected chi connectivity index (χ1v) is 10.3. The highest BCUT2D eigenvalue weighted by Gasteiger charge is 2.42. The highest BCUT2D eigenvalue weighted by atomic mass is 32.2. The highest BCUT2D eigenvalue weighted by molar-refractivity contribution is 7.89. The molecule has 2 saturated heterocycles. The Hall–Kier alpha value is -1.93. The number of nitrogens with zero attached hydrogens (tertiary/aromatic N) is 2. The summed E-state index contributed by atoms with van der Waals surface area (Å²) >= 11 is 0. The first-order valence-electron chi connectivity index (χ1n) is 8.90. The number of piperidine rings is 1. The Bertz CT molecular complexity index is 821. The summed E-state index contributed by atoms with van der Waals surface area (Å²) in [4.78, 5) is 26.7. The van der Waals surface area contributed by atoms with Crippen LogP contribution in [0.2, 0.25) is 0 Å². The maximum atomic E-state index is 13.0. The van der Waals surface area contributed by atoms with Crippen molar-refractivity contribution in [1.29, 1.82) is 0 Å². The number of nitrogens with one attached hydrogen (secondary N) is 1. The van der Waals surface area contributed by atoms with Crippen molar-refractivity contribution in [3.8, 4) is 0 Å². The van der Waals surface area contributed by atoms with Crippen LogP contribution in [0.25, 0.3) is 0 Å². The van der Waals surface area contributed by atoms with Gasteiger partial charge in [-0.05, 0) is 44.9 Å². The molecular weight excluding hydrogens is 354 g/mol. The van der Waals surface area contributed by atoms with E-state index in [-0.39, 0.29) is 34.7 Å². The third-order valence-corrected chi connectivity index (χ3v) is 7.38. The number of sulfonamides is 1. The smallest absolute Gasteiger partial charge is 0.254 e. The van der Waals surface area contributed by atoms with Gasteiger partial charge >= 0.3 is 0 Å². The zero-order valence-electron chi connectivity index (χ0n) is 15.3. The van der Waals surface area contributed by atoms with Crippen LogP contribution in [0.4, 0.5) is 0 Å². The number of likely N-dealkylation sites (tertiary alicyclic amines) is 1. The number of hydrogen-bond acceptors (Lipinski definition) is 4. The second-order valence-corrected chi connectivity index (χ2v) is 9.20. The minimum Gasteiger partial charge on any atom is -0.354 e. The minimum atomic E-state index is -3.66. The van der Waals surface area contributed by atoms with Gasteiger partial charge in [-0.3, -0.25) is 9.59 Å². The lowest BCUT2D eigenvalue weighted by atomic mass is 9.91. The van der Waals surface area contributed by atoms with Crippen molar-refractivity contribution in [3.05, 3.63) is 29.8 Å². The van der Waals surface area contributed by atoms with Gasteiger partial charge in [-0.25, -0.2) is 8.42 Å². The van der Waals surface area contributed by atoms with E-state index in [1.54, 1.807) is 30.9 Å². The van der Waals surface area contributed by atoms with Crippen LogP contribution in [0.1, 0.15) is 37.0 Å². The van der Waals surface area contributed by atoms with Gasteiger partial charge in [0.1, 0.15) is 0 Å². The summed E-state index contributed by atoms with van der Waals surface area (Å²) in [5.74, 6) is -0.380. The summed E-state index contributed by atoms with van der Waals surface area (Å²) in [5.41, 5.74) is 0.336. The lowest BCUT2D eigenvalue weighted by molar-refractivity contribution is -0.123. The topological polar surface area (TPSA) is 86.8 Å². The fourth-order valence-corrected chi connectivity index (χ4v) is 5.02. The molecule has 0 saturated carbocycles. The van der Waals surface area contributed by atoms with Crippen molar-refractivity contribution in [2.75, 3.05) is 20.1 Å². The molecule has 2 fully saturated rings. The number of benzene rings is 1. The number of rotatable bonds is 4. The number of carbonyl (C=O) groups is 2. The maximum absolute atomic E-state index is 13.0. The molecule has 142 valence electrons. The molecule has 2 atom stereocenters. The average molecular weight is 379 g/mol. The monoisotopic (exact) mass is 379 g/mol. The van der Waals surface area contributed by atoms with Crippen LogP contribution in [0.5, 0.6) is 0 Å². The van der Waals surface area contributed by atoms with E-state index in [4.69, 9.17) is 0 Å². The Morgan fingerprint density at radius 1 is 1.35 bits per heavy atom. The number of carbonyl (C=O) groups excluding carboxylic acids is 2. The van der Waals surface area contributed by atoms with Crippen LogP contribution >= 0.6 is 0 Å². The van der Waals surface area contributed by atoms with E-state index >= 15 is 0 Å². The Kier molecular flexibility index (Phi) is 5.07. The van der Waals surface area contributed by atoms with Crippen molar-refractivity contribution in [2.24, 2.45) is 5.92 Å². The predicted molar refractivity (Wildman–Crippen MR) is 97.1 cm³/mol. The average Bonchev–Trinajstić information content (AvgIpc) is 3.01. The Morgan fingerprint density at radius 3 is 2.77 bits per heavy atom. The van der Waals surface area contributed by atoms with E-state index in [9.17, 15) is 18.0 Å². The molecule has 0 aliphatic carbocycles. The zero-order valence-corrected chi connectivity index (χ0v) is 16.1. The minimum absolute atomic E-state index is 0.00221. The maximum Gasteiger partial charge on any atom is 0.254 e. The standard InChI is InChI=1S/C18H25N3O4S/c1-12(2)20(3)26(24,25)14-7-4-6-13(10-14)18(23)21-9-5-8-15-16(21)11-19-17(15)22/h4,6-7,10,12,15-16H,5,8-9,11H2,1-3H3,(H,19,22)/t15-,16-/m1/s1. The molecule has 1 aromatic carbocycles. The summed E-state index contributed by atoms with van der Waals surface area (Å²) in [5, 5.41) is 2.83. The fraction of sp³-hybridized carbons (Fsp3) is 0.556. The molecule has 7 nitrogen and oxygen atoms in total. The second kappa shape index (κ2) is 7.00. The SMILES string of the molecule is CC(C)N(C)S(=O)(=O)c1cccc(C(=O)N2CCC[C@H]3C(=O)NC[C@H]32)c1. The lowest BCUT2D eigenvalue weighted by Gasteiger charge is -2.36. The molecule has 0 radical (unpaired) electrons. The van der Waals surface area contributed by atoms with E-state index in [1.807, 2.05) is 0 Å². The summed E-state index contributed by atoms with van der Waals surface area (Å²) in [6, 6.07) is 5.83. The van der Waals surface area contributed by atoms with Crippen LogP contribution in [0, 0.1) is 5.92 Å². The zero-order chi connectivity index (χ0) is 19.1. The molecule has 8 heteroatoms. The van der Waals surface area contributed by atoms with Crippen LogP contribution in [0.3, 0.4) is 0 Å². The Labute approximate surface area is 154 Å². The van der Waals surface area contributed by atoms with E-state index in [1.165, 1.54) is 23.5 Å². The van der Waals surface area contributed by atoms with Gasteiger partial charge in [0, 0.05) is 31.7 Å². The Balaban J connectivity index is 1.88. The predicted octanol–water partition coefficient (Wildman–Crippen LogP) is 1.07. The number of amides is 2. The van der Waals surface area contributed by atoms with Gasteiger partial charge in [0.25, 0.3) is 5.91 Å². The van der Waals surface area contributed by atoms with E-state index in [0.717, 1.165) is 12.8 Å². The van der Waals surface area contributed by atoms with Crippen LogP contribution in [0.15, 0.2) is 29.2 Å². The van der Waals surface area contributed by atoms with Gasteiger partial charge in [-0.15, -0.1) is 0 Å². The molecule has 2 aliphatic heterocycles. The lowest BCUT2D eigenvalue weighted by Crippen LogP contribution is -2.48. The van der Waals surface area contributed by atoms with Gasteiger partial charge in [-0.1, -0.05) is 6.07 Å². The van der Waals surface area contributed by atoms with E-state index in [0.29, 0.717) is 18.7 Å². The van der Waals surface area contributed by atoms with Crippen LogP contribution in [-0.2, 0) is 14.8 Å². The second-order valence-electron chi connectivity index (χ2n) is 7.20. The molecule has 0 aromatic heterocycles. The molecule has 2 amide bonds. The van der Waals surface area contributed by atoms with Gasteiger partial charge in [0.05, 0.1) is 16.9 Å². The van der Waals surface area contributed by atoms with Crippen molar-refractivity contribution >= 4 is 21.8 Å². The third kappa shape index (κ3) is 3.23. The van der Waals surface area contributed by atoms with Crippen molar-refractivity contribution in [1.82, 2.24) is 14.5 Å². The van der Waals surface area contributed by atoms with E-state index < -0.39 is 10.0 Å². The summed E-state index contributed by atoms with van der Waals surface area (Å²) < 4.78 is 26.7. The molecule has 0 spiro atoms. The fourth-order valence-electron chi connectivity index (χ4n) is 3.60. The van der Waals surface area contributed by atoms with Crippen molar-refractivity contribution in [3.63, 3.8) is 0 Å². The molecule has 2 heterocycles. The van der Waals surface area contributed by atoms with Crippen molar-refractivity contribution < 1.29 is 18.0 Å². The number of fused-ring (bicyclic) bond motifs is 1. The molecule has 26 heavy (non-hydrogen) atoms. The first kappa shape index (κ1) is 18.8. The Morgan fingerprint density at radius 2 is 2.08 bits per heavy atom. The first-order chi connectivity index (χ1) is 12.2. The highest BCUT2D eigenvalue weighted by Crippen LogP contribution is 2.29. The van der Waals surface area contributed by atoms with Gasteiger partial charge in [0.2, 0.25) is 15.9 Å².